The summed E-state index contributed by atoms with van der Waals surface area (Å²) < 4.78 is 4.16. The Kier molecular flexibility index (Phi) is 7.19. The van der Waals surface area contributed by atoms with Gasteiger partial charge in [-0.3, -0.25) is 0 Å². The zero-order valence-corrected chi connectivity index (χ0v) is 6.74. The van der Waals surface area contributed by atoms with Crippen molar-refractivity contribution in [3.63, 3.8) is 0 Å². The molecule has 0 aliphatic rings. The monoisotopic (exact) mass is 216 g/mol. The summed E-state index contributed by atoms with van der Waals surface area (Å²) in [5.74, 6) is 0. The van der Waals surface area contributed by atoms with Gasteiger partial charge < -0.3 is 0 Å². The Balaban J connectivity index is 2.45. The molecule has 0 saturated heterocycles. The molecule has 0 amide bonds. The summed E-state index contributed by atoms with van der Waals surface area (Å²) in [4.78, 5) is 0. The maximum absolute atomic E-state index is 3.05. The Bertz CT molecular complexity index is 29.4. The molecule has 0 aromatic rings. The van der Waals surface area contributed by atoms with Crippen molar-refractivity contribution < 1.29 is 21.5 Å². The van der Waals surface area contributed by atoms with Gasteiger partial charge in [-0.05, 0) is 0 Å². The van der Waals surface area contributed by atoms with Gasteiger partial charge in [0.05, 0.1) is 0 Å². The van der Waals surface area contributed by atoms with E-state index < -0.39 is 0 Å². The third-order valence-electron chi connectivity index (χ3n) is 0.362. The summed E-state index contributed by atoms with van der Waals surface area (Å²) in [6.45, 7) is 0. The fourth-order valence-electron chi connectivity index (χ4n) is 0.167. The molecule has 3 nitrogen and oxygen atoms in total. The normalized spacial score (nSPS) is 10.0. The van der Waals surface area contributed by atoms with Crippen LogP contribution in [0.15, 0.2) is 0 Å². The van der Waals surface area contributed by atoms with Crippen LogP contribution >= 0.6 is 0 Å². The van der Waals surface area contributed by atoms with Crippen molar-refractivity contribution in [1.82, 2.24) is 14.4 Å². The molecule has 0 atom stereocenters. The maximum atomic E-state index is 3.05. The van der Waals surface area contributed by atoms with Gasteiger partial charge in [0, 0.05) is 0 Å². The van der Waals surface area contributed by atoms with Crippen molar-refractivity contribution in [2.75, 3.05) is 18.6 Å². The minimum absolute atomic E-state index is 0.153. The SMILES string of the molecule is CNC[I-]NNC. The van der Waals surface area contributed by atoms with Gasteiger partial charge in [0.15, 0.2) is 0 Å². The van der Waals surface area contributed by atoms with Gasteiger partial charge in [0.1, 0.15) is 0 Å². The fraction of sp³-hybridized carbons (Fsp3) is 1.00. The number of hydrogen-bond donors (Lipinski definition) is 3. The Morgan fingerprint density at radius 2 is 2.14 bits per heavy atom. The number of rotatable bonds is 4. The molecule has 0 aliphatic heterocycles. The molecule has 0 aromatic heterocycles. The summed E-state index contributed by atoms with van der Waals surface area (Å²) in [6, 6.07) is 0. The molecular weight excluding hydrogens is 205 g/mol. The summed E-state index contributed by atoms with van der Waals surface area (Å²) in [6.07, 6.45) is 0. The van der Waals surface area contributed by atoms with Crippen LogP contribution in [0.25, 0.3) is 0 Å². The molecule has 0 spiro atoms. The van der Waals surface area contributed by atoms with Crippen LogP contribution in [-0.4, -0.2) is 18.6 Å². The number of halogens is 1. The molecule has 0 aromatic carbocycles. The second kappa shape index (κ2) is 6.61. The average Bonchev–Trinajstić information content (AvgIpc) is 1.69. The third kappa shape index (κ3) is 6.61. The Labute approximate surface area is 54.8 Å². The second-order valence-electron chi connectivity index (χ2n) is 0.965. The third-order valence-corrected chi connectivity index (χ3v) is 2.43. The van der Waals surface area contributed by atoms with Crippen LogP contribution in [0.2, 0.25) is 0 Å². The minimum atomic E-state index is 0.153. The molecule has 0 bridgehead atoms. The van der Waals surface area contributed by atoms with Crippen LogP contribution in [0.1, 0.15) is 0 Å². The van der Waals surface area contributed by atoms with E-state index in [2.05, 4.69) is 14.4 Å². The van der Waals surface area contributed by atoms with Crippen molar-refractivity contribution in [3.8, 4) is 0 Å². The zero-order chi connectivity index (χ0) is 5.54. The molecule has 0 radical (unpaired) electrons. The van der Waals surface area contributed by atoms with E-state index in [0.717, 1.165) is 4.55 Å². The van der Waals surface area contributed by atoms with Crippen molar-refractivity contribution in [3.05, 3.63) is 0 Å². The van der Waals surface area contributed by atoms with E-state index in [1.165, 1.54) is 0 Å². The van der Waals surface area contributed by atoms with E-state index in [0.29, 0.717) is 0 Å². The van der Waals surface area contributed by atoms with Gasteiger partial charge in [-0.25, -0.2) is 0 Å². The molecule has 46 valence electrons. The molecule has 0 rings (SSSR count). The van der Waals surface area contributed by atoms with E-state index in [4.69, 9.17) is 0 Å². The van der Waals surface area contributed by atoms with E-state index in [-0.39, 0.29) is 21.5 Å². The first-order valence-electron chi connectivity index (χ1n) is 2.06. The molecule has 7 heavy (non-hydrogen) atoms. The summed E-state index contributed by atoms with van der Waals surface area (Å²) in [7, 11) is 3.84. The van der Waals surface area contributed by atoms with Crippen LogP contribution in [0, 0.1) is 0 Å². The predicted molar refractivity (Wildman–Crippen MR) is 26.1 cm³/mol. The molecule has 0 fully saturated rings. The molecule has 0 aliphatic carbocycles. The topological polar surface area (TPSA) is 36.1 Å². The van der Waals surface area contributed by atoms with Crippen LogP contribution in [0.4, 0.5) is 0 Å². The van der Waals surface area contributed by atoms with Crippen LogP contribution in [0.3, 0.4) is 0 Å². The second-order valence-corrected chi connectivity index (χ2v) is 3.03. The van der Waals surface area contributed by atoms with Crippen molar-refractivity contribution in [2.45, 2.75) is 0 Å². The van der Waals surface area contributed by atoms with E-state index >= 15 is 0 Å². The fourth-order valence-corrected chi connectivity index (χ4v) is 1.12. The predicted octanol–water partition coefficient (Wildman–Crippen LogP) is -4.11. The molecule has 0 heterocycles. The number of nitrogens with one attached hydrogen (secondary N) is 3. The average molecular weight is 216 g/mol. The molecule has 0 saturated carbocycles. The van der Waals surface area contributed by atoms with Crippen LogP contribution in [-0.2, 0) is 0 Å². The molecule has 4 heteroatoms. The summed E-state index contributed by atoms with van der Waals surface area (Å²) >= 11 is 0.153. The molecule has 3 N–H and O–H groups in total. The van der Waals surface area contributed by atoms with E-state index in [1.54, 1.807) is 0 Å². The zero-order valence-electron chi connectivity index (χ0n) is 4.59. The van der Waals surface area contributed by atoms with Crippen molar-refractivity contribution in [1.29, 1.82) is 0 Å². The first-order chi connectivity index (χ1) is 3.41. The van der Waals surface area contributed by atoms with Gasteiger partial charge in [0.25, 0.3) is 0 Å². The standard InChI is InChI=1S/C3H11IN3/c1-5-3-4-7-6-2/h5-7H,3H2,1-2H3/q-1. The number of alkyl halides is 1. The summed E-state index contributed by atoms with van der Waals surface area (Å²) in [5.41, 5.74) is 2.86. The van der Waals surface area contributed by atoms with Gasteiger partial charge in [-0.2, -0.15) is 0 Å². The van der Waals surface area contributed by atoms with E-state index in [9.17, 15) is 0 Å². The summed E-state index contributed by atoms with van der Waals surface area (Å²) in [5, 5.41) is 3.05. The van der Waals surface area contributed by atoms with Crippen LogP contribution in [0.5, 0.6) is 0 Å². The number of hydrogen-bond acceptors (Lipinski definition) is 3. The molecule has 0 unspecified atom stereocenters. The Morgan fingerprint density at radius 1 is 1.43 bits per heavy atom. The van der Waals surface area contributed by atoms with Crippen LogP contribution < -0.4 is 35.9 Å². The van der Waals surface area contributed by atoms with Crippen molar-refractivity contribution in [2.24, 2.45) is 0 Å². The van der Waals surface area contributed by atoms with Gasteiger partial charge in [-0.15, -0.1) is 0 Å². The number of hydrazine groups is 1. The first kappa shape index (κ1) is 7.61. The first-order valence-corrected chi connectivity index (χ1v) is 4.66. The van der Waals surface area contributed by atoms with E-state index in [1.807, 2.05) is 14.1 Å². The van der Waals surface area contributed by atoms with Gasteiger partial charge in [0.2, 0.25) is 0 Å². The Hall–Kier alpha value is 0.610. The van der Waals surface area contributed by atoms with Gasteiger partial charge in [-0.1, -0.05) is 0 Å². The quantitative estimate of drug-likeness (QED) is 0.112. The Morgan fingerprint density at radius 3 is 2.57 bits per heavy atom. The van der Waals surface area contributed by atoms with Crippen molar-refractivity contribution >= 4 is 0 Å². The van der Waals surface area contributed by atoms with Gasteiger partial charge >= 0.3 is 54.5 Å². The molecular formula is C3H11IN3-.